The summed E-state index contributed by atoms with van der Waals surface area (Å²) in [6.45, 7) is 1.53. The van der Waals surface area contributed by atoms with Crippen molar-refractivity contribution in [1.29, 1.82) is 0 Å². The number of carbonyl (C=O) groups excluding carboxylic acids is 3. The first-order valence-electron chi connectivity index (χ1n) is 7.62. The molecule has 0 bridgehead atoms. The van der Waals surface area contributed by atoms with Crippen LogP contribution in [0.1, 0.15) is 12.5 Å². The standard InChI is InChI=1S/C18H16INO6S/c1-5-6-26-15-12(19)7-11(8-13(15)24-3)9-14-16(21)20(18(23)27-14)10(2)17(22)25-4/h1,7-10H,6H2,2-4H3/b14-9+/t10-/m1/s1. The number of thioether (sulfide) groups is 1. The number of nitrogens with zero attached hydrogens (tertiary/aromatic N) is 1. The normalized spacial score (nSPS) is 16.3. The third-order valence-electron chi connectivity index (χ3n) is 3.60. The number of esters is 1. The van der Waals surface area contributed by atoms with Crippen molar-refractivity contribution in [2.75, 3.05) is 20.8 Å². The number of terminal acetylenes is 1. The minimum atomic E-state index is -0.998. The molecule has 0 N–H and O–H groups in total. The summed E-state index contributed by atoms with van der Waals surface area (Å²) < 4.78 is 16.1. The number of amides is 2. The fraction of sp³-hybridized carbons (Fsp3) is 0.278. The van der Waals surface area contributed by atoms with Gasteiger partial charge in [-0.05, 0) is 65.0 Å². The Bertz CT molecular complexity index is 860. The molecular formula is C18H16INO6S. The van der Waals surface area contributed by atoms with Gasteiger partial charge in [0, 0.05) is 0 Å². The van der Waals surface area contributed by atoms with Crippen LogP contribution in [0.15, 0.2) is 17.0 Å². The third-order valence-corrected chi connectivity index (χ3v) is 5.29. The van der Waals surface area contributed by atoms with Crippen LogP contribution in [-0.4, -0.2) is 48.9 Å². The van der Waals surface area contributed by atoms with Gasteiger partial charge in [-0.25, -0.2) is 4.79 Å². The van der Waals surface area contributed by atoms with Crippen molar-refractivity contribution >= 4 is 57.5 Å². The van der Waals surface area contributed by atoms with E-state index in [1.807, 2.05) is 0 Å². The lowest BCUT2D eigenvalue weighted by Crippen LogP contribution is -2.42. The van der Waals surface area contributed by atoms with E-state index >= 15 is 0 Å². The summed E-state index contributed by atoms with van der Waals surface area (Å²) in [4.78, 5) is 37.5. The second kappa shape index (κ2) is 9.14. The van der Waals surface area contributed by atoms with Gasteiger partial charge in [-0.3, -0.25) is 14.5 Å². The maximum atomic E-state index is 12.6. The van der Waals surface area contributed by atoms with Crippen molar-refractivity contribution in [3.8, 4) is 23.8 Å². The van der Waals surface area contributed by atoms with Crippen molar-refractivity contribution in [2.45, 2.75) is 13.0 Å². The fourth-order valence-electron chi connectivity index (χ4n) is 2.32. The summed E-state index contributed by atoms with van der Waals surface area (Å²) in [6.07, 6.45) is 6.78. The average Bonchev–Trinajstić information content (AvgIpc) is 2.92. The van der Waals surface area contributed by atoms with Gasteiger partial charge in [-0.2, -0.15) is 0 Å². The molecule has 1 saturated heterocycles. The summed E-state index contributed by atoms with van der Waals surface area (Å²) in [5.74, 6) is 2.12. The molecule has 0 aliphatic carbocycles. The maximum Gasteiger partial charge on any atom is 0.328 e. The van der Waals surface area contributed by atoms with E-state index in [1.165, 1.54) is 21.1 Å². The summed E-state index contributed by atoms with van der Waals surface area (Å²) in [6, 6.07) is 2.45. The Morgan fingerprint density at radius 1 is 1.41 bits per heavy atom. The van der Waals surface area contributed by atoms with E-state index in [9.17, 15) is 14.4 Å². The number of ether oxygens (including phenoxy) is 3. The molecule has 0 aromatic heterocycles. The summed E-state index contributed by atoms with van der Waals surface area (Å²) >= 11 is 2.83. The molecule has 9 heteroatoms. The summed E-state index contributed by atoms with van der Waals surface area (Å²) in [5, 5.41) is -0.528. The first-order chi connectivity index (χ1) is 12.8. The zero-order valence-corrected chi connectivity index (χ0v) is 17.8. The number of benzene rings is 1. The van der Waals surface area contributed by atoms with Crippen LogP contribution in [0.25, 0.3) is 6.08 Å². The second-order valence-electron chi connectivity index (χ2n) is 5.28. The molecule has 0 spiro atoms. The van der Waals surface area contributed by atoms with E-state index in [2.05, 4.69) is 33.2 Å². The largest absolute Gasteiger partial charge is 0.493 e. The van der Waals surface area contributed by atoms with Gasteiger partial charge in [-0.15, -0.1) is 6.42 Å². The zero-order chi connectivity index (χ0) is 20.1. The SMILES string of the molecule is C#CCOc1c(I)cc(/C=C2/SC(=O)N([C@H](C)C(=O)OC)C2=O)cc1OC. The highest BCUT2D eigenvalue weighted by molar-refractivity contribution is 14.1. The van der Waals surface area contributed by atoms with Crippen molar-refractivity contribution in [1.82, 2.24) is 4.90 Å². The molecule has 0 unspecified atom stereocenters. The number of hydrogen-bond donors (Lipinski definition) is 0. The molecule has 2 amide bonds. The molecule has 0 saturated carbocycles. The van der Waals surface area contributed by atoms with Crippen LogP contribution in [-0.2, 0) is 14.3 Å². The van der Waals surface area contributed by atoms with E-state index in [4.69, 9.17) is 15.9 Å². The van der Waals surface area contributed by atoms with E-state index in [0.717, 1.165) is 20.2 Å². The van der Waals surface area contributed by atoms with Crippen molar-refractivity contribution in [2.24, 2.45) is 0 Å². The Kier molecular flexibility index (Phi) is 7.15. The van der Waals surface area contributed by atoms with Gasteiger partial charge in [0.25, 0.3) is 11.1 Å². The van der Waals surface area contributed by atoms with Gasteiger partial charge in [0.15, 0.2) is 11.5 Å². The first kappa shape index (κ1) is 21.1. The number of imide groups is 1. The van der Waals surface area contributed by atoms with Crippen molar-refractivity contribution < 1.29 is 28.6 Å². The molecule has 1 aliphatic rings. The van der Waals surface area contributed by atoms with Crippen LogP contribution in [0, 0.1) is 15.9 Å². The maximum absolute atomic E-state index is 12.6. The monoisotopic (exact) mass is 501 g/mol. The Hall–Kier alpha value is -2.19. The van der Waals surface area contributed by atoms with Crippen LogP contribution in [0.5, 0.6) is 11.5 Å². The predicted molar refractivity (Wildman–Crippen MR) is 109 cm³/mol. The van der Waals surface area contributed by atoms with E-state index in [1.54, 1.807) is 18.2 Å². The molecule has 1 aromatic carbocycles. The molecular weight excluding hydrogens is 485 g/mol. The van der Waals surface area contributed by atoms with E-state index < -0.39 is 23.2 Å². The van der Waals surface area contributed by atoms with Crippen LogP contribution in [0.4, 0.5) is 4.79 Å². The molecule has 1 fully saturated rings. The predicted octanol–water partition coefficient (Wildman–Crippen LogP) is 2.91. The lowest BCUT2D eigenvalue weighted by atomic mass is 10.1. The molecule has 7 nitrogen and oxygen atoms in total. The number of halogens is 1. The molecule has 1 aromatic rings. The van der Waals surface area contributed by atoms with Crippen LogP contribution < -0.4 is 9.47 Å². The van der Waals surface area contributed by atoms with Gasteiger partial charge in [0.1, 0.15) is 12.6 Å². The Morgan fingerprint density at radius 3 is 2.70 bits per heavy atom. The molecule has 1 heterocycles. The van der Waals surface area contributed by atoms with Crippen molar-refractivity contribution in [3.63, 3.8) is 0 Å². The van der Waals surface area contributed by atoms with Gasteiger partial charge in [0.05, 0.1) is 22.7 Å². The number of methoxy groups -OCH3 is 2. The molecule has 1 atom stereocenters. The Morgan fingerprint density at radius 2 is 2.11 bits per heavy atom. The average molecular weight is 501 g/mol. The van der Waals surface area contributed by atoms with Gasteiger partial charge < -0.3 is 14.2 Å². The minimum absolute atomic E-state index is 0.0933. The van der Waals surface area contributed by atoms with E-state index in [-0.39, 0.29) is 11.5 Å². The molecule has 142 valence electrons. The highest BCUT2D eigenvalue weighted by atomic mass is 127. The quantitative estimate of drug-likeness (QED) is 0.257. The molecule has 27 heavy (non-hydrogen) atoms. The second-order valence-corrected chi connectivity index (χ2v) is 7.43. The number of rotatable bonds is 6. The van der Waals surface area contributed by atoms with Crippen molar-refractivity contribution in [3.05, 3.63) is 26.2 Å². The summed E-state index contributed by atoms with van der Waals surface area (Å²) in [5.41, 5.74) is 0.639. The van der Waals surface area contributed by atoms with E-state index in [0.29, 0.717) is 17.1 Å². The van der Waals surface area contributed by atoms with Gasteiger partial charge in [0.2, 0.25) is 0 Å². The molecule has 1 aliphatic heterocycles. The zero-order valence-electron chi connectivity index (χ0n) is 14.8. The van der Waals surface area contributed by atoms with Crippen LogP contribution >= 0.6 is 34.4 Å². The Labute approximate surface area is 174 Å². The third kappa shape index (κ3) is 4.56. The number of carbonyl (C=O) groups is 3. The first-order valence-corrected chi connectivity index (χ1v) is 9.52. The fourth-order valence-corrected chi connectivity index (χ4v) is 4.01. The molecule has 2 rings (SSSR count). The number of hydrogen-bond acceptors (Lipinski definition) is 7. The Balaban J connectivity index is 2.35. The highest BCUT2D eigenvalue weighted by Gasteiger charge is 2.41. The summed E-state index contributed by atoms with van der Waals surface area (Å²) in [7, 11) is 2.69. The lowest BCUT2D eigenvalue weighted by Gasteiger charge is -2.18. The smallest absolute Gasteiger partial charge is 0.328 e. The van der Waals surface area contributed by atoms with Crippen LogP contribution in [0.3, 0.4) is 0 Å². The highest BCUT2D eigenvalue weighted by Crippen LogP contribution is 2.37. The topological polar surface area (TPSA) is 82.1 Å². The van der Waals surface area contributed by atoms with Gasteiger partial charge in [-0.1, -0.05) is 5.92 Å². The molecule has 0 radical (unpaired) electrons. The lowest BCUT2D eigenvalue weighted by molar-refractivity contribution is -0.148. The van der Waals surface area contributed by atoms with Crippen LogP contribution in [0.2, 0.25) is 0 Å². The van der Waals surface area contributed by atoms with Gasteiger partial charge >= 0.3 is 5.97 Å². The minimum Gasteiger partial charge on any atom is -0.493 e.